The fourth-order valence-corrected chi connectivity index (χ4v) is 3.24. The third-order valence-electron chi connectivity index (χ3n) is 3.00. The molecule has 0 atom stereocenters. The summed E-state index contributed by atoms with van der Waals surface area (Å²) in [5, 5.41) is 4.16. The molecule has 3 aromatic rings. The van der Waals surface area contributed by atoms with E-state index in [2.05, 4.69) is 17.5 Å². The minimum absolute atomic E-state index is 0.428. The van der Waals surface area contributed by atoms with Gasteiger partial charge < -0.3 is 10.5 Å². The molecular formula is C15H11Cl2NOS. The maximum Gasteiger partial charge on any atom is 0.144 e. The molecule has 0 bridgehead atoms. The lowest BCUT2D eigenvalue weighted by Gasteiger charge is -2.09. The Morgan fingerprint density at radius 1 is 1.10 bits per heavy atom. The minimum atomic E-state index is 0.428. The van der Waals surface area contributed by atoms with Crippen molar-refractivity contribution in [3.05, 3.63) is 57.4 Å². The second-order valence-corrected chi connectivity index (χ2v) is 6.08. The number of anilines is 1. The number of halogens is 2. The topological polar surface area (TPSA) is 35.2 Å². The van der Waals surface area contributed by atoms with Crippen molar-refractivity contribution in [3.63, 3.8) is 0 Å². The number of nitrogen functional groups attached to an aromatic ring is 1. The van der Waals surface area contributed by atoms with E-state index in [9.17, 15) is 0 Å². The Labute approximate surface area is 130 Å². The highest BCUT2D eigenvalue weighted by Gasteiger charge is 2.08. The fourth-order valence-electron chi connectivity index (χ4n) is 1.97. The van der Waals surface area contributed by atoms with Crippen molar-refractivity contribution in [1.29, 1.82) is 0 Å². The third kappa shape index (κ3) is 2.57. The lowest BCUT2D eigenvalue weighted by Crippen LogP contribution is -1.98. The van der Waals surface area contributed by atoms with Crippen LogP contribution in [0.1, 0.15) is 5.56 Å². The molecule has 2 aromatic carbocycles. The molecule has 0 saturated carbocycles. The molecule has 1 heterocycles. The number of hydrogen-bond donors (Lipinski definition) is 1. The van der Waals surface area contributed by atoms with Gasteiger partial charge in [0, 0.05) is 16.3 Å². The summed E-state index contributed by atoms with van der Waals surface area (Å²) in [6.45, 7) is 0.451. The van der Waals surface area contributed by atoms with Crippen LogP contribution in [0.5, 0.6) is 5.75 Å². The highest BCUT2D eigenvalue weighted by Crippen LogP contribution is 2.33. The third-order valence-corrected chi connectivity index (χ3v) is 4.73. The molecule has 0 unspecified atom stereocenters. The number of nitrogens with two attached hydrogens (primary N) is 1. The zero-order chi connectivity index (χ0) is 14.1. The average molecular weight is 324 g/mol. The summed E-state index contributed by atoms with van der Waals surface area (Å²) in [5.41, 5.74) is 7.50. The van der Waals surface area contributed by atoms with Crippen LogP contribution < -0.4 is 10.5 Å². The minimum Gasteiger partial charge on any atom is -0.487 e. The van der Waals surface area contributed by atoms with E-state index in [4.69, 9.17) is 33.7 Å². The Balaban J connectivity index is 1.85. The highest BCUT2D eigenvalue weighted by molar-refractivity contribution is 7.17. The van der Waals surface area contributed by atoms with E-state index < -0.39 is 0 Å². The Bertz CT molecular complexity index is 770. The van der Waals surface area contributed by atoms with Gasteiger partial charge in [0.25, 0.3) is 0 Å². The van der Waals surface area contributed by atoms with E-state index in [0.29, 0.717) is 28.1 Å². The van der Waals surface area contributed by atoms with Crippen LogP contribution in [0.3, 0.4) is 0 Å². The summed E-state index contributed by atoms with van der Waals surface area (Å²) in [6.07, 6.45) is 0. The van der Waals surface area contributed by atoms with Gasteiger partial charge in [0.05, 0.1) is 15.7 Å². The van der Waals surface area contributed by atoms with Crippen molar-refractivity contribution in [2.75, 3.05) is 5.73 Å². The standard InChI is InChI=1S/C15H11Cl2NOS/c16-11-5-13(18)14(6-12(11)17)19-7-9-8-20-15-4-2-1-3-10(9)15/h1-6,8H,7,18H2. The van der Waals surface area contributed by atoms with Crippen molar-refractivity contribution in [3.8, 4) is 5.75 Å². The largest absolute Gasteiger partial charge is 0.487 e. The molecule has 0 aliphatic rings. The van der Waals surface area contributed by atoms with Crippen LogP contribution in [-0.2, 0) is 6.61 Å². The first-order valence-electron chi connectivity index (χ1n) is 5.97. The summed E-state index contributed by atoms with van der Waals surface area (Å²) >= 11 is 13.6. The summed E-state index contributed by atoms with van der Waals surface area (Å²) in [7, 11) is 0. The summed E-state index contributed by atoms with van der Waals surface area (Å²) < 4.78 is 7.01. The Morgan fingerprint density at radius 2 is 1.85 bits per heavy atom. The Morgan fingerprint density at radius 3 is 2.70 bits per heavy atom. The van der Waals surface area contributed by atoms with Gasteiger partial charge in [-0.15, -0.1) is 11.3 Å². The molecule has 0 fully saturated rings. The maximum absolute atomic E-state index is 5.98. The lowest BCUT2D eigenvalue weighted by molar-refractivity contribution is 0.310. The SMILES string of the molecule is Nc1cc(Cl)c(Cl)cc1OCc1csc2ccccc12. The maximum atomic E-state index is 5.98. The molecule has 1 aromatic heterocycles. The van der Waals surface area contributed by atoms with Crippen molar-refractivity contribution in [2.24, 2.45) is 0 Å². The molecule has 0 aliphatic carbocycles. The molecule has 2 nitrogen and oxygen atoms in total. The van der Waals surface area contributed by atoms with Gasteiger partial charge in [0.1, 0.15) is 12.4 Å². The van der Waals surface area contributed by atoms with Crippen molar-refractivity contribution in [2.45, 2.75) is 6.61 Å². The first-order chi connectivity index (χ1) is 9.65. The number of hydrogen-bond acceptors (Lipinski definition) is 3. The van der Waals surface area contributed by atoms with Crippen LogP contribution in [0.2, 0.25) is 10.0 Å². The quantitative estimate of drug-likeness (QED) is 0.657. The predicted molar refractivity (Wildman–Crippen MR) is 87.0 cm³/mol. The highest BCUT2D eigenvalue weighted by atomic mass is 35.5. The molecule has 20 heavy (non-hydrogen) atoms. The molecule has 0 saturated heterocycles. The van der Waals surface area contributed by atoms with E-state index in [1.807, 2.05) is 12.1 Å². The number of thiophene rings is 1. The molecule has 0 spiro atoms. The van der Waals surface area contributed by atoms with Gasteiger partial charge in [-0.2, -0.15) is 0 Å². The fraction of sp³-hybridized carbons (Fsp3) is 0.0667. The molecule has 102 valence electrons. The lowest BCUT2D eigenvalue weighted by atomic mass is 10.2. The Kier molecular flexibility index (Phi) is 3.74. The summed E-state index contributed by atoms with van der Waals surface area (Å²) in [6, 6.07) is 11.5. The van der Waals surface area contributed by atoms with Gasteiger partial charge in [-0.1, -0.05) is 41.4 Å². The number of ether oxygens (including phenoxy) is 1. The number of benzene rings is 2. The van der Waals surface area contributed by atoms with Crippen LogP contribution in [0.15, 0.2) is 41.8 Å². The van der Waals surface area contributed by atoms with Crippen LogP contribution in [0.4, 0.5) is 5.69 Å². The van der Waals surface area contributed by atoms with Crippen molar-refractivity contribution < 1.29 is 4.74 Å². The molecular weight excluding hydrogens is 313 g/mol. The van der Waals surface area contributed by atoms with Gasteiger partial charge in [-0.25, -0.2) is 0 Å². The van der Waals surface area contributed by atoms with E-state index >= 15 is 0 Å². The van der Waals surface area contributed by atoms with Crippen LogP contribution in [0, 0.1) is 0 Å². The monoisotopic (exact) mass is 323 g/mol. The van der Waals surface area contributed by atoms with E-state index in [0.717, 1.165) is 5.56 Å². The molecule has 0 radical (unpaired) electrons. The van der Waals surface area contributed by atoms with Gasteiger partial charge in [-0.3, -0.25) is 0 Å². The van der Waals surface area contributed by atoms with Gasteiger partial charge >= 0.3 is 0 Å². The first kappa shape index (κ1) is 13.6. The summed E-state index contributed by atoms with van der Waals surface area (Å²) in [5.74, 6) is 0.551. The molecule has 3 rings (SSSR count). The van der Waals surface area contributed by atoms with Gasteiger partial charge in [0.2, 0.25) is 0 Å². The zero-order valence-corrected chi connectivity index (χ0v) is 12.7. The van der Waals surface area contributed by atoms with E-state index in [1.54, 1.807) is 23.5 Å². The first-order valence-corrected chi connectivity index (χ1v) is 7.61. The van der Waals surface area contributed by atoms with Crippen molar-refractivity contribution >= 4 is 50.3 Å². The molecule has 0 aliphatic heterocycles. The van der Waals surface area contributed by atoms with Crippen molar-refractivity contribution in [1.82, 2.24) is 0 Å². The normalized spacial score (nSPS) is 10.9. The van der Waals surface area contributed by atoms with Gasteiger partial charge in [0.15, 0.2) is 0 Å². The smallest absolute Gasteiger partial charge is 0.144 e. The second-order valence-electron chi connectivity index (χ2n) is 4.35. The predicted octanol–water partition coefficient (Wildman–Crippen LogP) is 5.37. The van der Waals surface area contributed by atoms with E-state index in [1.165, 1.54) is 10.1 Å². The van der Waals surface area contributed by atoms with Crippen LogP contribution in [0.25, 0.3) is 10.1 Å². The van der Waals surface area contributed by atoms with Crippen LogP contribution >= 0.6 is 34.5 Å². The molecule has 0 amide bonds. The number of fused-ring (bicyclic) bond motifs is 1. The second kappa shape index (κ2) is 5.52. The summed E-state index contributed by atoms with van der Waals surface area (Å²) in [4.78, 5) is 0. The number of rotatable bonds is 3. The van der Waals surface area contributed by atoms with Crippen LogP contribution in [-0.4, -0.2) is 0 Å². The Hall–Kier alpha value is -1.42. The average Bonchev–Trinajstić information content (AvgIpc) is 2.85. The molecule has 5 heteroatoms. The molecule has 2 N–H and O–H groups in total. The zero-order valence-electron chi connectivity index (χ0n) is 10.4. The van der Waals surface area contributed by atoms with E-state index in [-0.39, 0.29) is 0 Å². The van der Waals surface area contributed by atoms with Gasteiger partial charge in [-0.05, 0) is 22.9 Å².